The molecule has 4 nitrogen and oxygen atoms in total. The largest absolute Gasteiger partial charge is 0.444 e. The highest BCUT2D eigenvalue weighted by atomic mass is 16.6. The lowest BCUT2D eigenvalue weighted by Gasteiger charge is -2.25. The van der Waals surface area contributed by atoms with Gasteiger partial charge in [0.25, 0.3) is 0 Å². The molecule has 0 atom stereocenters. The fourth-order valence-corrected chi connectivity index (χ4v) is 2.85. The fourth-order valence-electron chi connectivity index (χ4n) is 2.85. The molecule has 1 aromatic carbocycles. The highest BCUT2D eigenvalue weighted by Gasteiger charge is 2.21. The summed E-state index contributed by atoms with van der Waals surface area (Å²) in [7, 11) is 1.74. The minimum Gasteiger partial charge on any atom is -0.444 e. The molecule has 4 heteroatoms. The van der Waals surface area contributed by atoms with E-state index in [9.17, 15) is 9.59 Å². The lowest BCUT2D eigenvalue weighted by molar-refractivity contribution is -0.120. The first-order chi connectivity index (χ1) is 10.7. The van der Waals surface area contributed by atoms with Crippen molar-refractivity contribution in [1.82, 2.24) is 4.90 Å². The van der Waals surface area contributed by atoms with Gasteiger partial charge in [-0.15, -0.1) is 0 Å². The van der Waals surface area contributed by atoms with E-state index in [0.717, 1.165) is 18.4 Å². The van der Waals surface area contributed by atoms with Crippen molar-refractivity contribution in [1.29, 1.82) is 0 Å². The maximum atomic E-state index is 12.0. The Morgan fingerprint density at radius 3 is 2.26 bits per heavy atom. The molecule has 126 valence electrons. The van der Waals surface area contributed by atoms with Crippen LogP contribution in [0.5, 0.6) is 0 Å². The Morgan fingerprint density at radius 1 is 1.17 bits per heavy atom. The van der Waals surface area contributed by atoms with Gasteiger partial charge in [-0.25, -0.2) is 4.79 Å². The van der Waals surface area contributed by atoms with Gasteiger partial charge in [0.15, 0.2) is 0 Å². The summed E-state index contributed by atoms with van der Waals surface area (Å²) >= 11 is 0. The Kier molecular flexibility index (Phi) is 5.45. The van der Waals surface area contributed by atoms with Gasteiger partial charge in [0.1, 0.15) is 11.4 Å². The van der Waals surface area contributed by atoms with Gasteiger partial charge in [-0.1, -0.05) is 24.3 Å². The summed E-state index contributed by atoms with van der Waals surface area (Å²) in [5.74, 6) is 0.877. The van der Waals surface area contributed by atoms with Crippen LogP contribution in [0.2, 0.25) is 0 Å². The number of carbonyl (C=O) groups is 2. The third-order valence-electron chi connectivity index (χ3n) is 4.12. The average molecular weight is 317 g/mol. The van der Waals surface area contributed by atoms with E-state index in [1.807, 2.05) is 20.8 Å². The van der Waals surface area contributed by atoms with Gasteiger partial charge >= 0.3 is 6.09 Å². The van der Waals surface area contributed by atoms with Crippen molar-refractivity contribution < 1.29 is 14.3 Å². The molecule has 0 aliphatic heterocycles. The second-order valence-electron chi connectivity index (χ2n) is 7.39. The van der Waals surface area contributed by atoms with Crippen LogP contribution in [0.25, 0.3) is 0 Å². The topological polar surface area (TPSA) is 46.6 Å². The van der Waals surface area contributed by atoms with Crippen LogP contribution in [0.4, 0.5) is 4.79 Å². The maximum absolute atomic E-state index is 12.0. The van der Waals surface area contributed by atoms with Crippen molar-refractivity contribution in [3.63, 3.8) is 0 Å². The first-order valence-electron chi connectivity index (χ1n) is 8.29. The molecule has 0 radical (unpaired) electrons. The summed E-state index contributed by atoms with van der Waals surface area (Å²) in [6.07, 6.45) is 3.00. The Balaban J connectivity index is 1.92. The van der Waals surface area contributed by atoms with Gasteiger partial charge in [0.05, 0.1) is 0 Å². The van der Waals surface area contributed by atoms with Crippen LogP contribution in [-0.4, -0.2) is 29.4 Å². The smallest absolute Gasteiger partial charge is 0.410 e. The average Bonchev–Trinajstić information content (AvgIpc) is 2.47. The zero-order chi connectivity index (χ0) is 17.0. The number of ketones is 1. The van der Waals surface area contributed by atoms with E-state index in [4.69, 9.17) is 4.74 Å². The van der Waals surface area contributed by atoms with Crippen molar-refractivity contribution >= 4 is 11.9 Å². The predicted octanol–water partition coefficient (Wildman–Crippen LogP) is 4.28. The number of rotatable bonds is 3. The van der Waals surface area contributed by atoms with E-state index >= 15 is 0 Å². The Morgan fingerprint density at radius 2 is 1.74 bits per heavy atom. The monoisotopic (exact) mass is 317 g/mol. The lowest BCUT2D eigenvalue weighted by Crippen LogP contribution is -2.33. The SMILES string of the molecule is CN(Cc1ccc(C2CCC(=O)CC2)cc1)C(=O)OC(C)(C)C. The first-order valence-corrected chi connectivity index (χ1v) is 8.29. The number of nitrogens with zero attached hydrogens (tertiary/aromatic N) is 1. The molecular formula is C19H27NO3. The number of hydrogen-bond acceptors (Lipinski definition) is 3. The van der Waals surface area contributed by atoms with E-state index in [-0.39, 0.29) is 6.09 Å². The second kappa shape index (κ2) is 7.16. The number of benzene rings is 1. The molecule has 23 heavy (non-hydrogen) atoms. The third-order valence-corrected chi connectivity index (χ3v) is 4.12. The van der Waals surface area contributed by atoms with Crippen molar-refractivity contribution in [3.05, 3.63) is 35.4 Å². The van der Waals surface area contributed by atoms with E-state index in [2.05, 4.69) is 24.3 Å². The molecule has 2 rings (SSSR count). The molecule has 1 aliphatic carbocycles. The quantitative estimate of drug-likeness (QED) is 0.836. The van der Waals surface area contributed by atoms with Gasteiger partial charge < -0.3 is 9.64 Å². The lowest BCUT2D eigenvalue weighted by atomic mass is 9.83. The molecule has 0 N–H and O–H groups in total. The Labute approximate surface area is 138 Å². The van der Waals surface area contributed by atoms with Crippen molar-refractivity contribution in [2.24, 2.45) is 0 Å². The summed E-state index contributed by atoms with van der Waals surface area (Å²) in [5, 5.41) is 0. The molecule has 0 heterocycles. The molecule has 1 aromatic rings. The molecule has 0 bridgehead atoms. The molecular weight excluding hydrogens is 290 g/mol. The first kappa shape index (κ1) is 17.5. The zero-order valence-corrected chi connectivity index (χ0v) is 14.6. The van der Waals surface area contributed by atoms with E-state index in [1.165, 1.54) is 5.56 Å². The summed E-state index contributed by atoms with van der Waals surface area (Å²) in [6.45, 7) is 6.12. The number of carbonyl (C=O) groups excluding carboxylic acids is 2. The van der Waals surface area contributed by atoms with Crippen LogP contribution in [0.1, 0.15) is 63.5 Å². The van der Waals surface area contributed by atoms with Crippen LogP contribution in [0.3, 0.4) is 0 Å². The van der Waals surface area contributed by atoms with E-state index in [0.29, 0.717) is 31.1 Å². The van der Waals surface area contributed by atoms with Gasteiger partial charge in [-0.2, -0.15) is 0 Å². The second-order valence-corrected chi connectivity index (χ2v) is 7.39. The van der Waals surface area contributed by atoms with Crippen LogP contribution in [-0.2, 0) is 16.1 Å². The van der Waals surface area contributed by atoms with Crippen molar-refractivity contribution in [2.75, 3.05) is 7.05 Å². The standard InChI is InChI=1S/C19H27NO3/c1-19(2,3)23-18(22)20(4)13-14-5-7-15(8-6-14)16-9-11-17(21)12-10-16/h5-8,16H,9-13H2,1-4H3. The van der Waals surface area contributed by atoms with Gasteiger partial charge in [-0.05, 0) is 50.7 Å². The zero-order valence-electron chi connectivity index (χ0n) is 14.6. The Bertz CT molecular complexity index is 547. The minimum atomic E-state index is -0.479. The number of ether oxygens (including phenoxy) is 1. The molecule has 0 spiro atoms. The van der Waals surface area contributed by atoms with Crippen LogP contribution < -0.4 is 0 Å². The highest BCUT2D eigenvalue weighted by molar-refractivity contribution is 5.79. The fraction of sp³-hybridized carbons (Fsp3) is 0.579. The van der Waals surface area contributed by atoms with E-state index < -0.39 is 5.60 Å². The van der Waals surface area contributed by atoms with Crippen LogP contribution in [0.15, 0.2) is 24.3 Å². The van der Waals surface area contributed by atoms with Crippen LogP contribution >= 0.6 is 0 Å². The van der Waals surface area contributed by atoms with Crippen molar-refractivity contribution in [2.45, 2.75) is 64.5 Å². The Hall–Kier alpha value is -1.84. The predicted molar refractivity (Wildman–Crippen MR) is 90.4 cm³/mol. The van der Waals surface area contributed by atoms with E-state index in [1.54, 1.807) is 11.9 Å². The molecule has 0 unspecified atom stereocenters. The van der Waals surface area contributed by atoms with Crippen LogP contribution in [0, 0.1) is 0 Å². The normalized spacial score (nSPS) is 16.3. The minimum absolute atomic E-state index is 0.313. The number of amides is 1. The van der Waals surface area contributed by atoms with Crippen molar-refractivity contribution in [3.8, 4) is 0 Å². The summed E-state index contributed by atoms with van der Waals surface area (Å²) < 4.78 is 5.36. The van der Waals surface area contributed by atoms with Gasteiger partial charge in [-0.3, -0.25) is 4.79 Å². The third kappa shape index (κ3) is 5.38. The number of Topliss-reactive ketones (excluding diaryl/α,β-unsaturated/α-hetero) is 1. The number of hydrogen-bond donors (Lipinski definition) is 0. The molecule has 1 amide bonds. The maximum Gasteiger partial charge on any atom is 0.410 e. The van der Waals surface area contributed by atoms with Gasteiger partial charge in [0.2, 0.25) is 0 Å². The molecule has 0 aromatic heterocycles. The molecule has 1 aliphatic rings. The molecule has 0 saturated heterocycles. The summed E-state index contributed by atoms with van der Waals surface area (Å²) in [5.41, 5.74) is 1.89. The highest BCUT2D eigenvalue weighted by Crippen LogP contribution is 2.31. The molecule has 1 fully saturated rings. The summed E-state index contributed by atoms with van der Waals surface area (Å²) in [4.78, 5) is 24.9. The molecule has 1 saturated carbocycles. The van der Waals surface area contributed by atoms with Gasteiger partial charge in [0, 0.05) is 26.4 Å². The summed E-state index contributed by atoms with van der Waals surface area (Å²) in [6, 6.07) is 8.37.